The van der Waals surface area contributed by atoms with Crippen molar-refractivity contribution in [3.8, 4) is 11.5 Å². The second-order valence-electron chi connectivity index (χ2n) is 4.34. The highest BCUT2D eigenvalue weighted by atomic mass is 16.5. The Hall–Kier alpha value is -2.29. The molecular weight excluding hydrogens is 224 g/mol. The summed E-state index contributed by atoms with van der Waals surface area (Å²) >= 11 is 0. The maximum atomic E-state index is 5.84. The van der Waals surface area contributed by atoms with Crippen molar-refractivity contribution in [3.05, 3.63) is 54.4 Å². The van der Waals surface area contributed by atoms with E-state index < -0.39 is 0 Å². The van der Waals surface area contributed by atoms with Crippen LogP contribution in [0.1, 0.15) is 5.56 Å². The van der Waals surface area contributed by atoms with E-state index in [0.29, 0.717) is 0 Å². The Morgan fingerprint density at radius 3 is 2.78 bits per heavy atom. The molecule has 0 fully saturated rings. The Balaban J connectivity index is 1.97. The molecule has 0 aliphatic heterocycles. The first-order valence-electron chi connectivity index (χ1n) is 5.81. The molecule has 0 atom stereocenters. The third kappa shape index (κ3) is 1.95. The van der Waals surface area contributed by atoms with Crippen LogP contribution >= 0.6 is 0 Å². The molecule has 0 amide bonds. The van der Waals surface area contributed by atoms with E-state index in [2.05, 4.69) is 11.3 Å². The van der Waals surface area contributed by atoms with Crippen LogP contribution in [-0.2, 0) is 7.05 Å². The summed E-state index contributed by atoms with van der Waals surface area (Å²) in [7, 11) is 1.92. The molecule has 0 spiro atoms. The van der Waals surface area contributed by atoms with Gasteiger partial charge in [-0.05, 0) is 36.8 Å². The molecule has 3 heteroatoms. The first kappa shape index (κ1) is 10.8. The van der Waals surface area contributed by atoms with E-state index in [0.717, 1.165) is 22.5 Å². The van der Waals surface area contributed by atoms with Crippen LogP contribution in [0, 0.1) is 13.3 Å². The molecule has 1 aromatic heterocycles. The van der Waals surface area contributed by atoms with Gasteiger partial charge in [-0.25, -0.2) is 4.98 Å². The smallest absolute Gasteiger partial charge is 0.177 e. The van der Waals surface area contributed by atoms with Crippen LogP contribution in [0.4, 0.5) is 0 Å². The SMILES string of the molecule is Cc1cccc(Oc2ccc3n[c]n(C)c3c2)c1. The van der Waals surface area contributed by atoms with Gasteiger partial charge in [-0.2, -0.15) is 0 Å². The van der Waals surface area contributed by atoms with Crippen LogP contribution in [0.3, 0.4) is 0 Å². The van der Waals surface area contributed by atoms with E-state index in [-0.39, 0.29) is 0 Å². The average Bonchev–Trinajstić information content (AvgIpc) is 2.71. The summed E-state index contributed by atoms with van der Waals surface area (Å²) in [6.45, 7) is 2.05. The van der Waals surface area contributed by atoms with Gasteiger partial charge in [0, 0.05) is 13.1 Å². The van der Waals surface area contributed by atoms with Gasteiger partial charge in [-0.15, -0.1) is 0 Å². The van der Waals surface area contributed by atoms with Gasteiger partial charge in [-0.1, -0.05) is 12.1 Å². The Labute approximate surface area is 106 Å². The Kier molecular flexibility index (Phi) is 2.52. The highest BCUT2D eigenvalue weighted by Gasteiger charge is 2.03. The fraction of sp³-hybridized carbons (Fsp3) is 0.133. The zero-order valence-corrected chi connectivity index (χ0v) is 10.3. The van der Waals surface area contributed by atoms with E-state index in [1.807, 2.05) is 61.0 Å². The van der Waals surface area contributed by atoms with E-state index >= 15 is 0 Å². The molecule has 18 heavy (non-hydrogen) atoms. The monoisotopic (exact) mass is 237 g/mol. The summed E-state index contributed by atoms with van der Waals surface area (Å²) in [6, 6.07) is 13.8. The quantitative estimate of drug-likeness (QED) is 0.682. The normalized spacial score (nSPS) is 10.8. The summed E-state index contributed by atoms with van der Waals surface area (Å²) in [6.07, 6.45) is 2.89. The summed E-state index contributed by atoms with van der Waals surface area (Å²) in [4.78, 5) is 4.16. The molecular formula is C15H13N2O. The summed E-state index contributed by atoms with van der Waals surface area (Å²) in [5, 5.41) is 0. The second-order valence-corrected chi connectivity index (χ2v) is 4.34. The minimum atomic E-state index is 0.810. The second kappa shape index (κ2) is 4.18. The molecule has 0 aliphatic carbocycles. The first-order chi connectivity index (χ1) is 8.72. The molecule has 1 radical (unpaired) electrons. The Bertz CT molecular complexity index is 701. The Morgan fingerprint density at radius 1 is 1.11 bits per heavy atom. The highest BCUT2D eigenvalue weighted by Crippen LogP contribution is 2.25. The third-order valence-electron chi connectivity index (χ3n) is 2.85. The van der Waals surface area contributed by atoms with E-state index in [9.17, 15) is 0 Å². The number of hydrogen-bond acceptors (Lipinski definition) is 2. The van der Waals surface area contributed by atoms with Crippen molar-refractivity contribution in [3.63, 3.8) is 0 Å². The molecule has 1 heterocycles. The number of aromatic nitrogens is 2. The van der Waals surface area contributed by atoms with Gasteiger partial charge < -0.3 is 9.30 Å². The Morgan fingerprint density at radius 2 is 1.94 bits per heavy atom. The van der Waals surface area contributed by atoms with Gasteiger partial charge in [0.15, 0.2) is 6.33 Å². The number of imidazole rings is 1. The zero-order chi connectivity index (χ0) is 12.5. The van der Waals surface area contributed by atoms with Crippen LogP contribution in [-0.4, -0.2) is 9.55 Å². The maximum absolute atomic E-state index is 5.84. The van der Waals surface area contributed by atoms with Gasteiger partial charge in [0.25, 0.3) is 0 Å². The number of rotatable bonds is 2. The fourth-order valence-corrected chi connectivity index (χ4v) is 1.93. The number of aryl methyl sites for hydroxylation is 2. The van der Waals surface area contributed by atoms with Crippen molar-refractivity contribution in [2.75, 3.05) is 0 Å². The van der Waals surface area contributed by atoms with Crippen molar-refractivity contribution in [2.45, 2.75) is 6.92 Å². The highest BCUT2D eigenvalue weighted by molar-refractivity contribution is 5.76. The van der Waals surface area contributed by atoms with E-state index in [1.54, 1.807) is 0 Å². The van der Waals surface area contributed by atoms with Crippen LogP contribution in [0.15, 0.2) is 42.5 Å². The lowest BCUT2D eigenvalue weighted by molar-refractivity contribution is 0.483. The minimum absolute atomic E-state index is 0.810. The number of benzene rings is 2. The molecule has 89 valence electrons. The van der Waals surface area contributed by atoms with Crippen LogP contribution < -0.4 is 4.74 Å². The number of hydrogen-bond donors (Lipinski definition) is 0. The molecule has 0 N–H and O–H groups in total. The molecule has 0 unspecified atom stereocenters. The van der Waals surface area contributed by atoms with Crippen LogP contribution in [0.5, 0.6) is 11.5 Å². The maximum Gasteiger partial charge on any atom is 0.177 e. The van der Waals surface area contributed by atoms with Gasteiger partial charge >= 0.3 is 0 Å². The summed E-state index contributed by atoms with van der Waals surface area (Å²) in [5.74, 6) is 1.66. The minimum Gasteiger partial charge on any atom is -0.457 e. The largest absolute Gasteiger partial charge is 0.457 e. The summed E-state index contributed by atoms with van der Waals surface area (Å²) in [5.41, 5.74) is 3.12. The average molecular weight is 237 g/mol. The molecule has 0 bridgehead atoms. The van der Waals surface area contributed by atoms with Crippen molar-refractivity contribution in [2.24, 2.45) is 7.05 Å². The van der Waals surface area contributed by atoms with Gasteiger partial charge in [0.2, 0.25) is 0 Å². The lowest BCUT2D eigenvalue weighted by Crippen LogP contribution is -1.87. The van der Waals surface area contributed by atoms with E-state index in [4.69, 9.17) is 4.74 Å². The van der Waals surface area contributed by atoms with Gasteiger partial charge in [-0.3, -0.25) is 0 Å². The number of fused-ring (bicyclic) bond motifs is 1. The van der Waals surface area contributed by atoms with Crippen LogP contribution in [0.2, 0.25) is 0 Å². The number of nitrogens with zero attached hydrogens (tertiary/aromatic N) is 2. The predicted octanol–water partition coefficient (Wildman–Crippen LogP) is 3.47. The predicted molar refractivity (Wildman–Crippen MR) is 70.8 cm³/mol. The molecule has 3 rings (SSSR count). The standard InChI is InChI=1S/C15H13N2O/c1-11-4-3-5-12(8-11)18-13-6-7-14-15(9-13)17(2)10-16-14/h3-9H,1-2H3. The molecule has 3 aromatic rings. The lowest BCUT2D eigenvalue weighted by Gasteiger charge is -2.06. The summed E-state index contributed by atoms with van der Waals surface area (Å²) < 4.78 is 7.70. The molecule has 2 aromatic carbocycles. The van der Waals surface area contributed by atoms with Crippen molar-refractivity contribution >= 4 is 11.0 Å². The molecule has 0 saturated heterocycles. The van der Waals surface area contributed by atoms with E-state index in [1.165, 1.54) is 5.56 Å². The lowest BCUT2D eigenvalue weighted by atomic mass is 10.2. The molecule has 3 nitrogen and oxygen atoms in total. The van der Waals surface area contributed by atoms with Gasteiger partial charge in [0.05, 0.1) is 11.0 Å². The van der Waals surface area contributed by atoms with Crippen molar-refractivity contribution in [1.29, 1.82) is 0 Å². The zero-order valence-electron chi connectivity index (χ0n) is 10.3. The van der Waals surface area contributed by atoms with Crippen molar-refractivity contribution in [1.82, 2.24) is 9.55 Å². The van der Waals surface area contributed by atoms with Gasteiger partial charge in [0.1, 0.15) is 11.5 Å². The van der Waals surface area contributed by atoms with Crippen molar-refractivity contribution < 1.29 is 4.74 Å². The first-order valence-corrected chi connectivity index (χ1v) is 5.81. The third-order valence-corrected chi connectivity index (χ3v) is 2.85. The molecule has 0 saturated carbocycles. The topological polar surface area (TPSA) is 27.1 Å². The molecule has 0 aliphatic rings. The number of ether oxygens (including phenoxy) is 1. The van der Waals surface area contributed by atoms with Crippen LogP contribution in [0.25, 0.3) is 11.0 Å². The fourth-order valence-electron chi connectivity index (χ4n) is 1.93.